The monoisotopic (exact) mass is 449 g/mol. The summed E-state index contributed by atoms with van der Waals surface area (Å²) < 4.78 is 13.7. The second kappa shape index (κ2) is 8.54. The Morgan fingerprint density at radius 1 is 1.09 bits per heavy atom. The number of nitrogens with zero attached hydrogens (tertiary/aromatic N) is 6. The quantitative estimate of drug-likeness (QED) is 0.472. The number of rotatable bonds is 5. The Labute approximate surface area is 191 Å². The van der Waals surface area contributed by atoms with E-state index in [1.807, 2.05) is 19.2 Å². The van der Waals surface area contributed by atoms with E-state index in [1.54, 1.807) is 23.1 Å². The van der Waals surface area contributed by atoms with Crippen molar-refractivity contribution in [3.8, 4) is 22.6 Å². The number of anilines is 1. The van der Waals surface area contributed by atoms with Crippen LogP contribution in [0.2, 0.25) is 0 Å². The molecule has 0 bridgehead atoms. The molecule has 0 amide bonds. The van der Waals surface area contributed by atoms with Gasteiger partial charge in [-0.1, -0.05) is 0 Å². The standard InChI is InChI=1S/C23H27N7O3/c1-13-9-30(10-14(2)32-13)11-22-27-28-23(33-22)17-4-15(6-21-18(17)8-26-29(21)3)16-5-19(24)20(12-31)25-7-16/h4-8,13-14,31H,9-12,24H2,1-3H3/t13-,14+. The Hall–Kier alpha value is -3.34. The Bertz CT molecular complexity index is 1290. The second-order valence-corrected chi connectivity index (χ2v) is 8.60. The van der Waals surface area contributed by atoms with Crippen LogP contribution in [0.15, 0.2) is 35.0 Å². The maximum absolute atomic E-state index is 9.38. The summed E-state index contributed by atoms with van der Waals surface area (Å²) >= 11 is 0. The van der Waals surface area contributed by atoms with Gasteiger partial charge < -0.3 is 20.0 Å². The molecular formula is C23H27N7O3. The van der Waals surface area contributed by atoms with Crippen LogP contribution < -0.4 is 5.73 Å². The fraction of sp³-hybridized carbons (Fsp3) is 0.391. The molecule has 3 aromatic heterocycles. The maximum Gasteiger partial charge on any atom is 0.248 e. The Morgan fingerprint density at radius 2 is 1.88 bits per heavy atom. The zero-order chi connectivity index (χ0) is 23.1. The predicted molar refractivity (Wildman–Crippen MR) is 123 cm³/mol. The number of ether oxygens (including phenoxy) is 1. The fourth-order valence-corrected chi connectivity index (χ4v) is 4.42. The number of aliphatic hydroxyl groups is 1. The highest BCUT2D eigenvalue weighted by Gasteiger charge is 2.24. The Balaban J connectivity index is 1.51. The van der Waals surface area contributed by atoms with Crippen molar-refractivity contribution in [3.63, 3.8) is 0 Å². The molecule has 33 heavy (non-hydrogen) atoms. The first kappa shape index (κ1) is 21.5. The molecule has 1 fully saturated rings. The summed E-state index contributed by atoms with van der Waals surface area (Å²) in [6, 6.07) is 5.81. The van der Waals surface area contributed by atoms with Gasteiger partial charge in [-0.2, -0.15) is 5.10 Å². The van der Waals surface area contributed by atoms with E-state index in [9.17, 15) is 5.11 Å². The van der Waals surface area contributed by atoms with E-state index in [0.717, 1.165) is 40.7 Å². The number of nitrogens with two attached hydrogens (primary N) is 1. The molecule has 5 rings (SSSR count). The normalized spacial score (nSPS) is 19.4. The summed E-state index contributed by atoms with van der Waals surface area (Å²) in [6.45, 7) is 6.15. The smallest absolute Gasteiger partial charge is 0.248 e. The second-order valence-electron chi connectivity index (χ2n) is 8.60. The lowest BCUT2D eigenvalue weighted by atomic mass is 10.0. The van der Waals surface area contributed by atoms with Crippen LogP contribution >= 0.6 is 0 Å². The number of pyridine rings is 1. The molecule has 2 atom stereocenters. The molecule has 0 spiro atoms. The molecule has 1 aliphatic heterocycles. The lowest BCUT2D eigenvalue weighted by molar-refractivity contribution is -0.0721. The van der Waals surface area contributed by atoms with Crippen molar-refractivity contribution in [2.24, 2.45) is 7.05 Å². The first-order chi connectivity index (χ1) is 15.9. The lowest BCUT2D eigenvalue weighted by Gasteiger charge is -2.34. The van der Waals surface area contributed by atoms with Crippen LogP contribution in [-0.4, -0.2) is 60.3 Å². The number of aryl methyl sites for hydroxylation is 1. The van der Waals surface area contributed by atoms with Gasteiger partial charge in [0.15, 0.2) is 0 Å². The number of benzene rings is 1. The third-order valence-electron chi connectivity index (χ3n) is 5.91. The zero-order valence-corrected chi connectivity index (χ0v) is 18.9. The first-order valence-corrected chi connectivity index (χ1v) is 10.9. The van der Waals surface area contributed by atoms with Crippen LogP contribution in [0.4, 0.5) is 5.69 Å². The topological polar surface area (TPSA) is 128 Å². The summed E-state index contributed by atoms with van der Waals surface area (Å²) in [7, 11) is 1.89. The van der Waals surface area contributed by atoms with Crippen molar-refractivity contribution in [1.82, 2.24) is 29.9 Å². The third kappa shape index (κ3) is 4.20. The Kier molecular flexibility index (Phi) is 5.57. The molecule has 1 aliphatic rings. The molecule has 0 aliphatic carbocycles. The lowest BCUT2D eigenvalue weighted by Crippen LogP contribution is -2.44. The number of aromatic nitrogens is 5. The van der Waals surface area contributed by atoms with Crippen LogP contribution in [0.5, 0.6) is 0 Å². The predicted octanol–water partition coefficient (Wildman–Crippen LogP) is 2.37. The highest BCUT2D eigenvalue weighted by Crippen LogP contribution is 2.34. The molecule has 0 radical (unpaired) electrons. The SMILES string of the molecule is C[C@@H]1CN(Cc2nnc(-c3cc(-c4cnc(CO)c(N)c4)cc4c3cnn4C)o2)C[C@H](C)O1. The summed E-state index contributed by atoms with van der Waals surface area (Å²) in [5.41, 5.74) is 10.4. The molecule has 0 unspecified atom stereocenters. The molecule has 10 nitrogen and oxygen atoms in total. The third-order valence-corrected chi connectivity index (χ3v) is 5.91. The van der Waals surface area contributed by atoms with Gasteiger partial charge in [-0.05, 0) is 37.6 Å². The summed E-state index contributed by atoms with van der Waals surface area (Å²) in [4.78, 5) is 6.55. The van der Waals surface area contributed by atoms with Crippen molar-refractivity contribution in [2.45, 2.75) is 39.2 Å². The van der Waals surface area contributed by atoms with Crippen LogP contribution in [0.3, 0.4) is 0 Å². The van der Waals surface area contributed by atoms with Crippen molar-refractivity contribution in [1.29, 1.82) is 0 Å². The van der Waals surface area contributed by atoms with Gasteiger partial charge in [0.1, 0.15) is 0 Å². The van der Waals surface area contributed by atoms with E-state index in [2.05, 4.69) is 39.0 Å². The molecular weight excluding hydrogens is 422 g/mol. The molecule has 4 heterocycles. The van der Waals surface area contributed by atoms with Gasteiger partial charge >= 0.3 is 0 Å². The van der Waals surface area contributed by atoms with E-state index in [0.29, 0.717) is 29.7 Å². The van der Waals surface area contributed by atoms with Crippen molar-refractivity contribution >= 4 is 16.6 Å². The van der Waals surface area contributed by atoms with Gasteiger partial charge in [0.2, 0.25) is 11.8 Å². The van der Waals surface area contributed by atoms with Crippen LogP contribution in [0.25, 0.3) is 33.5 Å². The number of nitrogen functional groups attached to an aromatic ring is 1. The van der Waals surface area contributed by atoms with Gasteiger partial charge in [0.05, 0.1) is 54.0 Å². The van der Waals surface area contributed by atoms with Crippen LogP contribution in [0, 0.1) is 0 Å². The largest absolute Gasteiger partial charge is 0.419 e. The average molecular weight is 450 g/mol. The van der Waals surface area contributed by atoms with Crippen molar-refractivity contribution in [2.75, 3.05) is 18.8 Å². The number of aliphatic hydroxyl groups excluding tert-OH is 1. The minimum Gasteiger partial charge on any atom is -0.419 e. The highest BCUT2D eigenvalue weighted by atomic mass is 16.5. The minimum absolute atomic E-state index is 0.168. The van der Waals surface area contributed by atoms with E-state index in [1.165, 1.54) is 0 Å². The van der Waals surface area contributed by atoms with E-state index in [4.69, 9.17) is 14.9 Å². The van der Waals surface area contributed by atoms with Crippen LogP contribution in [-0.2, 0) is 24.9 Å². The fourth-order valence-electron chi connectivity index (χ4n) is 4.42. The molecule has 3 N–H and O–H groups in total. The summed E-state index contributed by atoms with van der Waals surface area (Å²) in [5.74, 6) is 0.999. The molecule has 0 saturated carbocycles. The molecule has 1 aromatic carbocycles. The summed E-state index contributed by atoms with van der Waals surface area (Å²) in [5, 5.41) is 23.4. The average Bonchev–Trinajstić information content (AvgIpc) is 3.39. The molecule has 1 saturated heterocycles. The first-order valence-electron chi connectivity index (χ1n) is 10.9. The van der Waals surface area contributed by atoms with Crippen molar-refractivity contribution < 1.29 is 14.3 Å². The number of fused-ring (bicyclic) bond motifs is 1. The molecule has 4 aromatic rings. The highest BCUT2D eigenvalue weighted by molar-refractivity contribution is 5.96. The van der Waals surface area contributed by atoms with Gasteiger partial charge in [0.25, 0.3) is 0 Å². The number of hydrogen-bond acceptors (Lipinski definition) is 9. The van der Waals surface area contributed by atoms with Gasteiger partial charge in [-0.25, -0.2) is 0 Å². The number of hydrogen-bond donors (Lipinski definition) is 2. The van der Waals surface area contributed by atoms with E-state index >= 15 is 0 Å². The zero-order valence-electron chi connectivity index (χ0n) is 18.9. The van der Waals surface area contributed by atoms with Gasteiger partial charge in [0, 0.05) is 37.3 Å². The van der Waals surface area contributed by atoms with Crippen LogP contribution in [0.1, 0.15) is 25.4 Å². The van der Waals surface area contributed by atoms with Gasteiger partial charge in [-0.15, -0.1) is 10.2 Å². The maximum atomic E-state index is 9.38. The van der Waals surface area contributed by atoms with E-state index < -0.39 is 0 Å². The van der Waals surface area contributed by atoms with Crippen molar-refractivity contribution in [3.05, 3.63) is 42.2 Å². The number of morpholine rings is 1. The summed E-state index contributed by atoms with van der Waals surface area (Å²) in [6.07, 6.45) is 3.83. The van der Waals surface area contributed by atoms with Gasteiger partial charge in [-0.3, -0.25) is 14.6 Å². The van der Waals surface area contributed by atoms with E-state index in [-0.39, 0.29) is 18.8 Å². The molecule has 10 heteroatoms. The Morgan fingerprint density at radius 3 is 2.61 bits per heavy atom. The minimum atomic E-state index is -0.205. The molecule has 172 valence electrons.